The first-order valence-electron chi connectivity index (χ1n) is 6.58. The summed E-state index contributed by atoms with van der Waals surface area (Å²) in [5.41, 5.74) is 5.92. The predicted molar refractivity (Wildman–Crippen MR) is 72.2 cm³/mol. The van der Waals surface area contributed by atoms with E-state index in [9.17, 15) is 9.18 Å². The fraction of sp³-hybridized carbons (Fsp3) is 0.500. The molecule has 1 amide bonds. The van der Waals surface area contributed by atoms with Gasteiger partial charge in [0.15, 0.2) is 0 Å². The Labute approximate surface area is 112 Å². The Morgan fingerprint density at radius 3 is 2.84 bits per heavy atom. The van der Waals surface area contributed by atoms with E-state index in [2.05, 4.69) is 5.32 Å². The normalized spacial score (nSPS) is 15.6. The molecule has 0 atom stereocenters. The molecule has 1 fully saturated rings. The number of rotatable bonds is 5. The SMILES string of the molecule is Nc1cc(NC(=O)COCC2CCCC2)ccc1F. The second kappa shape index (κ2) is 6.52. The van der Waals surface area contributed by atoms with Crippen LogP contribution in [0.25, 0.3) is 0 Å². The molecule has 0 aliphatic heterocycles. The molecule has 0 unspecified atom stereocenters. The summed E-state index contributed by atoms with van der Waals surface area (Å²) >= 11 is 0. The Kier molecular flexibility index (Phi) is 4.74. The summed E-state index contributed by atoms with van der Waals surface area (Å²) in [4.78, 5) is 11.6. The lowest BCUT2D eigenvalue weighted by Crippen LogP contribution is -2.20. The van der Waals surface area contributed by atoms with Crippen molar-refractivity contribution in [1.29, 1.82) is 0 Å². The number of carbonyl (C=O) groups excluding carboxylic acids is 1. The molecule has 0 radical (unpaired) electrons. The van der Waals surface area contributed by atoms with E-state index < -0.39 is 5.82 Å². The lowest BCUT2D eigenvalue weighted by Gasteiger charge is -2.10. The van der Waals surface area contributed by atoms with Crippen LogP contribution in [-0.4, -0.2) is 19.1 Å². The van der Waals surface area contributed by atoms with Crippen LogP contribution < -0.4 is 11.1 Å². The number of hydrogen-bond acceptors (Lipinski definition) is 3. The minimum Gasteiger partial charge on any atom is -0.396 e. The standard InChI is InChI=1S/C14H19FN2O2/c15-12-6-5-11(7-13(12)16)17-14(18)9-19-8-10-3-1-2-4-10/h5-7,10H,1-4,8-9,16H2,(H,17,18). The summed E-state index contributed by atoms with van der Waals surface area (Å²) in [5, 5.41) is 2.62. The maximum Gasteiger partial charge on any atom is 0.250 e. The second-order valence-corrected chi connectivity index (χ2v) is 4.95. The van der Waals surface area contributed by atoms with Gasteiger partial charge in [0, 0.05) is 5.69 Å². The Bertz CT molecular complexity index is 445. The zero-order valence-electron chi connectivity index (χ0n) is 10.8. The summed E-state index contributed by atoms with van der Waals surface area (Å²) in [6.07, 6.45) is 4.90. The molecule has 19 heavy (non-hydrogen) atoms. The van der Waals surface area contributed by atoms with Gasteiger partial charge < -0.3 is 15.8 Å². The van der Waals surface area contributed by atoms with Crippen LogP contribution in [0.3, 0.4) is 0 Å². The second-order valence-electron chi connectivity index (χ2n) is 4.95. The van der Waals surface area contributed by atoms with Gasteiger partial charge in [0.1, 0.15) is 12.4 Å². The van der Waals surface area contributed by atoms with Crippen molar-refractivity contribution >= 4 is 17.3 Å². The van der Waals surface area contributed by atoms with Crippen molar-refractivity contribution < 1.29 is 13.9 Å². The molecule has 1 saturated carbocycles. The zero-order chi connectivity index (χ0) is 13.7. The van der Waals surface area contributed by atoms with E-state index in [4.69, 9.17) is 10.5 Å². The van der Waals surface area contributed by atoms with Crippen LogP contribution in [0.15, 0.2) is 18.2 Å². The smallest absolute Gasteiger partial charge is 0.250 e. The summed E-state index contributed by atoms with van der Waals surface area (Å²) < 4.78 is 18.3. The molecule has 0 aromatic heterocycles. The number of halogens is 1. The van der Waals surface area contributed by atoms with Gasteiger partial charge in [0.05, 0.1) is 12.3 Å². The maximum atomic E-state index is 12.9. The third-order valence-corrected chi connectivity index (χ3v) is 3.34. The van der Waals surface area contributed by atoms with E-state index in [1.165, 1.54) is 43.9 Å². The number of nitrogen functional groups attached to an aromatic ring is 1. The number of anilines is 2. The van der Waals surface area contributed by atoms with Crippen LogP contribution in [0.2, 0.25) is 0 Å². The van der Waals surface area contributed by atoms with E-state index >= 15 is 0 Å². The van der Waals surface area contributed by atoms with Gasteiger partial charge in [-0.3, -0.25) is 4.79 Å². The number of amides is 1. The van der Waals surface area contributed by atoms with E-state index in [1.807, 2.05) is 0 Å². The third kappa shape index (κ3) is 4.21. The van der Waals surface area contributed by atoms with E-state index in [0.717, 1.165) is 0 Å². The topological polar surface area (TPSA) is 64.3 Å². The van der Waals surface area contributed by atoms with Crippen LogP contribution in [-0.2, 0) is 9.53 Å². The lowest BCUT2D eigenvalue weighted by molar-refractivity contribution is -0.121. The van der Waals surface area contributed by atoms with Crippen molar-refractivity contribution in [2.75, 3.05) is 24.3 Å². The molecule has 4 nitrogen and oxygen atoms in total. The highest BCUT2D eigenvalue weighted by molar-refractivity contribution is 5.92. The molecule has 5 heteroatoms. The fourth-order valence-corrected chi connectivity index (χ4v) is 2.31. The summed E-state index contributed by atoms with van der Waals surface area (Å²) in [5.74, 6) is -0.145. The number of hydrogen-bond donors (Lipinski definition) is 2. The molecule has 1 aliphatic rings. The largest absolute Gasteiger partial charge is 0.396 e. The molecular formula is C14H19FN2O2. The molecule has 1 aromatic carbocycles. The van der Waals surface area contributed by atoms with Gasteiger partial charge >= 0.3 is 0 Å². The molecule has 0 bridgehead atoms. The highest BCUT2D eigenvalue weighted by Gasteiger charge is 2.15. The molecule has 0 saturated heterocycles. The number of nitrogens with two attached hydrogens (primary N) is 1. The van der Waals surface area contributed by atoms with Crippen LogP contribution in [0.1, 0.15) is 25.7 Å². The highest BCUT2D eigenvalue weighted by Crippen LogP contribution is 2.24. The minimum atomic E-state index is -0.490. The van der Waals surface area contributed by atoms with Crippen molar-refractivity contribution in [2.24, 2.45) is 5.92 Å². The molecular weight excluding hydrogens is 247 g/mol. The predicted octanol–water partition coefficient (Wildman–Crippen LogP) is 2.55. The van der Waals surface area contributed by atoms with Gasteiger partial charge in [-0.25, -0.2) is 4.39 Å². The molecule has 3 N–H and O–H groups in total. The number of carbonyl (C=O) groups is 1. The molecule has 2 rings (SSSR count). The van der Waals surface area contributed by atoms with Crippen molar-refractivity contribution in [1.82, 2.24) is 0 Å². The zero-order valence-corrected chi connectivity index (χ0v) is 10.8. The molecule has 0 spiro atoms. The van der Waals surface area contributed by atoms with Crippen LogP contribution in [0.5, 0.6) is 0 Å². The molecule has 1 aromatic rings. The lowest BCUT2D eigenvalue weighted by atomic mass is 10.1. The first kappa shape index (κ1) is 13.8. The van der Waals surface area contributed by atoms with Gasteiger partial charge in [-0.1, -0.05) is 12.8 Å². The Hall–Kier alpha value is -1.62. The first-order chi connectivity index (χ1) is 9.15. The van der Waals surface area contributed by atoms with Crippen molar-refractivity contribution in [2.45, 2.75) is 25.7 Å². The first-order valence-corrected chi connectivity index (χ1v) is 6.58. The van der Waals surface area contributed by atoms with Crippen LogP contribution in [0, 0.1) is 11.7 Å². The van der Waals surface area contributed by atoms with Gasteiger partial charge in [-0.05, 0) is 37.0 Å². The van der Waals surface area contributed by atoms with E-state index in [0.29, 0.717) is 18.2 Å². The number of benzene rings is 1. The summed E-state index contributed by atoms with van der Waals surface area (Å²) in [6, 6.07) is 4.09. The van der Waals surface area contributed by atoms with Crippen molar-refractivity contribution in [3.05, 3.63) is 24.0 Å². The van der Waals surface area contributed by atoms with Crippen LogP contribution in [0.4, 0.5) is 15.8 Å². The molecule has 1 aliphatic carbocycles. The maximum absolute atomic E-state index is 12.9. The monoisotopic (exact) mass is 266 g/mol. The van der Waals surface area contributed by atoms with Crippen molar-refractivity contribution in [3.8, 4) is 0 Å². The van der Waals surface area contributed by atoms with E-state index in [1.54, 1.807) is 0 Å². The third-order valence-electron chi connectivity index (χ3n) is 3.34. The van der Waals surface area contributed by atoms with Gasteiger partial charge in [-0.2, -0.15) is 0 Å². The highest BCUT2D eigenvalue weighted by atomic mass is 19.1. The fourth-order valence-electron chi connectivity index (χ4n) is 2.31. The molecule has 104 valence electrons. The van der Waals surface area contributed by atoms with Crippen molar-refractivity contribution in [3.63, 3.8) is 0 Å². The summed E-state index contributed by atoms with van der Waals surface area (Å²) in [6.45, 7) is 0.659. The number of nitrogens with one attached hydrogen (secondary N) is 1. The van der Waals surface area contributed by atoms with Gasteiger partial charge in [0.2, 0.25) is 5.91 Å². The van der Waals surface area contributed by atoms with Crippen LogP contribution >= 0.6 is 0 Å². The molecule has 0 heterocycles. The van der Waals surface area contributed by atoms with Gasteiger partial charge in [-0.15, -0.1) is 0 Å². The quantitative estimate of drug-likeness (QED) is 0.805. The minimum absolute atomic E-state index is 0.0182. The Morgan fingerprint density at radius 1 is 1.42 bits per heavy atom. The van der Waals surface area contributed by atoms with Gasteiger partial charge in [0.25, 0.3) is 0 Å². The van der Waals surface area contributed by atoms with E-state index in [-0.39, 0.29) is 18.2 Å². The Morgan fingerprint density at radius 2 is 2.16 bits per heavy atom. The average molecular weight is 266 g/mol. The Balaban J connectivity index is 1.72. The summed E-state index contributed by atoms with van der Waals surface area (Å²) in [7, 11) is 0. The number of ether oxygens (including phenoxy) is 1. The average Bonchev–Trinajstić information content (AvgIpc) is 2.87.